The molecule has 1 unspecified atom stereocenters. The van der Waals surface area contributed by atoms with Crippen LogP contribution in [-0.4, -0.2) is 15.7 Å². The van der Waals surface area contributed by atoms with Crippen molar-refractivity contribution in [1.29, 1.82) is 0 Å². The van der Waals surface area contributed by atoms with Crippen LogP contribution >= 0.6 is 15.9 Å². The molecule has 104 valence electrons. The fourth-order valence-corrected chi connectivity index (χ4v) is 2.74. The molecule has 20 heavy (non-hydrogen) atoms. The minimum Gasteiger partial charge on any atom is -0.299 e. The lowest BCUT2D eigenvalue weighted by molar-refractivity contribution is -0.385. The van der Waals surface area contributed by atoms with Crippen molar-refractivity contribution in [2.45, 2.75) is 26.2 Å². The van der Waals surface area contributed by atoms with Crippen LogP contribution < -0.4 is 0 Å². The standard InChI is InChI=1S/C14H13BrN2O3/c1-3-10(8(2)18)14-11-6-9(15)4-5-12(11)16-7-13(14)17(19)20/h4-7,10H,3H2,1-2H3. The molecule has 2 rings (SSSR count). The Bertz CT molecular complexity index is 700. The van der Waals surface area contributed by atoms with E-state index in [-0.39, 0.29) is 11.5 Å². The van der Waals surface area contributed by atoms with Crippen LogP contribution in [-0.2, 0) is 4.79 Å². The van der Waals surface area contributed by atoms with Crippen molar-refractivity contribution >= 4 is 38.3 Å². The van der Waals surface area contributed by atoms with E-state index in [1.165, 1.54) is 13.1 Å². The summed E-state index contributed by atoms with van der Waals surface area (Å²) < 4.78 is 0.798. The summed E-state index contributed by atoms with van der Waals surface area (Å²) in [7, 11) is 0. The monoisotopic (exact) mass is 336 g/mol. The molecule has 0 amide bonds. The van der Waals surface area contributed by atoms with E-state index in [0.717, 1.165) is 4.47 Å². The molecule has 0 saturated heterocycles. The van der Waals surface area contributed by atoms with Gasteiger partial charge in [-0.15, -0.1) is 0 Å². The molecule has 2 aromatic rings. The fraction of sp³-hybridized carbons (Fsp3) is 0.286. The number of fused-ring (bicyclic) bond motifs is 1. The first-order valence-electron chi connectivity index (χ1n) is 6.18. The van der Waals surface area contributed by atoms with Gasteiger partial charge < -0.3 is 0 Å². The maximum atomic E-state index is 11.8. The first-order chi connectivity index (χ1) is 9.45. The molecule has 0 bridgehead atoms. The second-order valence-electron chi connectivity index (χ2n) is 4.55. The van der Waals surface area contributed by atoms with E-state index < -0.39 is 10.8 Å². The summed E-state index contributed by atoms with van der Waals surface area (Å²) in [6, 6.07) is 5.37. The largest absolute Gasteiger partial charge is 0.299 e. The van der Waals surface area contributed by atoms with Gasteiger partial charge in [0.05, 0.1) is 16.0 Å². The molecule has 0 N–H and O–H groups in total. The van der Waals surface area contributed by atoms with Crippen molar-refractivity contribution in [3.05, 3.63) is 44.5 Å². The number of pyridine rings is 1. The second kappa shape index (κ2) is 5.66. The van der Waals surface area contributed by atoms with Gasteiger partial charge >= 0.3 is 0 Å². The van der Waals surface area contributed by atoms with Crippen molar-refractivity contribution in [3.63, 3.8) is 0 Å². The molecule has 5 nitrogen and oxygen atoms in total. The van der Waals surface area contributed by atoms with Gasteiger partial charge in [0.25, 0.3) is 5.69 Å². The van der Waals surface area contributed by atoms with Gasteiger partial charge in [0.15, 0.2) is 0 Å². The van der Waals surface area contributed by atoms with Crippen molar-refractivity contribution in [3.8, 4) is 0 Å². The van der Waals surface area contributed by atoms with E-state index in [4.69, 9.17) is 0 Å². The molecule has 1 aromatic heterocycles. The van der Waals surface area contributed by atoms with Crippen LogP contribution in [0.1, 0.15) is 31.7 Å². The van der Waals surface area contributed by atoms with Crippen LogP contribution in [0.25, 0.3) is 10.9 Å². The number of carbonyl (C=O) groups is 1. The predicted molar refractivity (Wildman–Crippen MR) is 79.8 cm³/mol. The number of nitro groups is 1. The summed E-state index contributed by atoms with van der Waals surface area (Å²) in [5.41, 5.74) is 1.00. The average Bonchev–Trinajstić information content (AvgIpc) is 2.39. The van der Waals surface area contributed by atoms with Gasteiger partial charge in [-0.05, 0) is 31.5 Å². The van der Waals surface area contributed by atoms with Crippen molar-refractivity contribution in [1.82, 2.24) is 4.98 Å². The fourth-order valence-electron chi connectivity index (χ4n) is 2.38. The highest BCUT2D eigenvalue weighted by Gasteiger charge is 2.27. The molecule has 0 fully saturated rings. The minimum atomic E-state index is -0.491. The normalized spacial score (nSPS) is 12.3. The van der Waals surface area contributed by atoms with Gasteiger partial charge in [-0.2, -0.15) is 0 Å². The Morgan fingerprint density at radius 1 is 1.50 bits per heavy atom. The number of nitrogens with zero attached hydrogens (tertiary/aromatic N) is 2. The third-order valence-corrected chi connectivity index (χ3v) is 3.79. The molecule has 0 aliphatic rings. The topological polar surface area (TPSA) is 73.1 Å². The quantitative estimate of drug-likeness (QED) is 0.625. The number of carbonyl (C=O) groups excluding carboxylic acids is 1. The number of halogens is 1. The van der Waals surface area contributed by atoms with Gasteiger partial charge in [-0.1, -0.05) is 22.9 Å². The molecular weight excluding hydrogens is 324 g/mol. The van der Waals surface area contributed by atoms with Crippen LogP contribution in [0.5, 0.6) is 0 Å². The maximum Gasteiger partial charge on any atom is 0.292 e. The Morgan fingerprint density at radius 2 is 2.20 bits per heavy atom. The van der Waals surface area contributed by atoms with Crippen LogP contribution in [0.4, 0.5) is 5.69 Å². The highest BCUT2D eigenvalue weighted by atomic mass is 79.9. The molecule has 0 aliphatic carbocycles. The Labute approximate surface area is 124 Å². The Morgan fingerprint density at radius 3 is 2.75 bits per heavy atom. The van der Waals surface area contributed by atoms with Gasteiger partial charge in [-0.25, -0.2) is 4.98 Å². The van der Waals surface area contributed by atoms with E-state index in [1.807, 2.05) is 13.0 Å². The molecule has 1 heterocycles. The first-order valence-corrected chi connectivity index (χ1v) is 6.98. The summed E-state index contributed by atoms with van der Waals surface area (Å²) in [5.74, 6) is -0.571. The number of Topliss-reactive ketones (excluding diaryl/α,β-unsaturated/α-hetero) is 1. The lowest BCUT2D eigenvalue weighted by Crippen LogP contribution is -2.11. The molecule has 1 atom stereocenters. The maximum absolute atomic E-state index is 11.8. The summed E-state index contributed by atoms with van der Waals surface area (Å²) in [6.45, 7) is 3.31. The van der Waals surface area contributed by atoms with E-state index >= 15 is 0 Å². The second-order valence-corrected chi connectivity index (χ2v) is 5.46. The summed E-state index contributed by atoms with van der Waals surface area (Å²) in [6.07, 6.45) is 1.75. The van der Waals surface area contributed by atoms with E-state index in [0.29, 0.717) is 22.9 Å². The number of hydrogen-bond acceptors (Lipinski definition) is 4. The molecule has 6 heteroatoms. The zero-order valence-electron chi connectivity index (χ0n) is 11.1. The zero-order valence-corrected chi connectivity index (χ0v) is 12.7. The number of benzene rings is 1. The minimum absolute atomic E-state index is 0.0805. The number of hydrogen-bond donors (Lipinski definition) is 0. The van der Waals surface area contributed by atoms with Gasteiger partial charge in [0.2, 0.25) is 0 Å². The Balaban J connectivity index is 2.87. The van der Waals surface area contributed by atoms with Crippen LogP contribution in [0, 0.1) is 10.1 Å². The molecule has 1 aromatic carbocycles. The summed E-state index contributed by atoms with van der Waals surface area (Å²) in [5, 5.41) is 11.9. The lowest BCUT2D eigenvalue weighted by Gasteiger charge is -2.14. The number of ketones is 1. The number of aromatic nitrogens is 1. The van der Waals surface area contributed by atoms with E-state index in [2.05, 4.69) is 20.9 Å². The molecule has 0 spiro atoms. The smallest absolute Gasteiger partial charge is 0.292 e. The van der Waals surface area contributed by atoms with Gasteiger partial charge in [0, 0.05) is 15.8 Å². The predicted octanol–water partition coefficient (Wildman–Crippen LogP) is 3.99. The summed E-state index contributed by atoms with van der Waals surface area (Å²) in [4.78, 5) is 26.7. The van der Waals surface area contributed by atoms with Gasteiger partial charge in [0.1, 0.15) is 12.0 Å². The zero-order chi connectivity index (χ0) is 14.9. The molecule has 0 aliphatic heterocycles. The SMILES string of the molecule is CCC(C(C)=O)c1c([N+](=O)[O-])cnc2ccc(Br)cc12. The molecular formula is C14H13BrN2O3. The third kappa shape index (κ3) is 2.56. The molecule has 0 saturated carbocycles. The highest BCUT2D eigenvalue weighted by molar-refractivity contribution is 9.10. The highest BCUT2D eigenvalue weighted by Crippen LogP contribution is 2.36. The van der Waals surface area contributed by atoms with Crippen LogP contribution in [0.3, 0.4) is 0 Å². The van der Waals surface area contributed by atoms with Crippen molar-refractivity contribution in [2.75, 3.05) is 0 Å². The van der Waals surface area contributed by atoms with Crippen molar-refractivity contribution < 1.29 is 9.72 Å². The number of rotatable bonds is 4. The van der Waals surface area contributed by atoms with Crippen molar-refractivity contribution in [2.24, 2.45) is 0 Å². The Hall–Kier alpha value is -1.82. The summed E-state index contributed by atoms with van der Waals surface area (Å²) >= 11 is 3.35. The average molecular weight is 337 g/mol. The van der Waals surface area contributed by atoms with Crippen LogP contribution in [0.2, 0.25) is 0 Å². The Kier molecular flexibility index (Phi) is 4.13. The molecule has 0 radical (unpaired) electrons. The lowest BCUT2D eigenvalue weighted by atomic mass is 9.89. The first kappa shape index (κ1) is 14.6. The van der Waals surface area contributed by atoms with E-state index in [1.54, 1.807) is 12.1 Å². The third-order valence-electron chi connectivity index (χ3n) is 3.29. The van der Waals surface area contributed by atoms with Gasteiger partial charge in [-0.3, -0.25) is 14.9 Å². The van der Waals surface area contributed by atoms with E-state index in [9.17, 15) is 14.9 Å². The van der Waals surface area contributed by atoms with Crippen LogP contribution in [0.15, 0.2) is 28.9 Å².